The van der Waals surface area contributed by atoms with Gasteiger partial charge in [0.15, 0.2) is 0 Å². The van der Waals surface area contributed by atoms with Crippen molar-refractivity contribution in [3.05, 3.63) is 0 Å². The fraction of sp³-hybridized carbons (Fsp3) is 0.500. The summed E-state index contributed by atoms with van der Waals surface area (Å²) in [5.41, 5.74) is 8.50. The lowest BCUT2D eigenvalue weighted by Crippen LogP contribution is -2.18. The molecule has 0 aromatic heterocycles. The van der Waals surface area contributed by atoms with Gasteiger partial charge in [0.2, 0.25) is 0 Å². The molecule has 0 aliphatic heterocycles. The number of rotatable bonds is 0. The molecule has 0 spiro atoms. The number of nitrogens with two attached hydrogens (primary N) is 2. The van der Waals surface area contributed by atoms with E-state index in [4.69, 9.17) is 14.7 Å². The molecule has 0 saturated heterocycles. The minimum atomic E-state index is -0.833. The van der Waals surface area contributed by atoms with Gasteiger partial charge in [-0.05, 0) is 6.92 Å². The lowest BCUT2D eigenvalue weighted by molar-refractivity contribution is -0.0979. The van der Waals surface area contributed by atoms with Crippen LogP contribution in [0.15, 0.2) is 0 Å². The van der Waals surface area contributed by atoms with Crippen LogP contribution >= 0.6 is 0 Å². The van der Waals surface area contributed by atoms with Crippen LogP contribution in [0.25, 0.3) is 0 Å². The van der Waals surface area contributed by atoms with E-state index in [0.717, 1.165) is 0 Å². The highest BCUT2D eigenvalue weighted by molar-refractivity contribution is 5.69. The number of carbonyl (C=O) groups excluding carboxylic acids is 2. The maximum absolute atomic E-state index is 9.00. The standard InChI is InChI=1S/C2H6O.CH4N2O.CH2O/c1-2-3;2-1(3)4;1-2/h3H,2H2,1H3;(H4,2,3,4);1H2. The molecule has 0 fully saturated rings. The van der Waals surface area contributed by atoms with E-state index in [1.165, 1.54) is 0 Å². The van der Waals surface area contributed by atoms with Gasteiger partial charge in [0.1, 0.15) is 6.79 Å². The van der Waals surface area contributed by atoms with Crippen molar-refractivity contribution in [2.45, 2.75) is 6.92 Å². The number of hydrogen-bond donors (Lipinski definition) is 3. The van der Waals surface area contributed by atoms with E-state index in [0.29, 0.717) is 0 Å². The smallest absolute Gasteiger partial charge is 0.309 e. The molecule has 0 aromatic carbocycles. The summed E-state index contributed by atoms with van der Waals surface area (Å²) in [6.07, 6.45) is 0. The van der Waals surface area contributed by atoms with Gasteiger partial charge in [-0.3, -0.25) is 0 Å². The number of aliphatic hydroxyl groups excluding tert-OH is 1. The highest BCUT2D eigenvalue weighted by atomic mass is 16.2. The van der Waals surface area contributed by atoms with E-state index in [-0.39, 0.29) is 6.61 Å². The Morgan fingerprint density at radius 1 is 1.56 bits per heavy atom. The third-order valence-electron chi connectivity index (χ3n) is 0. The fourth-order valence-corrected chi connectivity index (χ4v) is 0. The Balaban J connectivity index is -0.0000000646. The van der Waals surface area contributed by atoms with Crippen LogP contribution in [0.2, 0.25) is 0 Å². The van der Waals surface area contributed by atoms with Crippen LogP contribution in [-0.4, -0.2) is 24.5 Å². The summed E-state index contributed by atoms with van der Waals surface area (Å²) in [6.45, 7) is 3.93. The predicted octanol–water partition coefficient (Wildman–Crippen LogP) is -1.16. The van der Waals surface area contributed by atoms with Crippen LogP contribution in [0.1, 0.15) is 6.92 Å². The average molecular weight is 136 g/mol. The normalized spacial score (nSPS) is 5.11. The van der Waals surface area contributed by atoms with Gasteiger partial charge in [-0.2, -0.15) is 0 Å². The van der Waals surface area contributed by atoms with Crippen molar-refractivity contribution in [3.8, 4) is 0 Å². The molecule has 0 heterocycles. The highest BCUT2D eigenvalue weighted by Crippen LogP contribution is 1.30. The molecule has 5 nitrogen and oxygen atoms in total. The zero-order chi connectivity index (χ0) is 8.28. The molecule has 9 heavy (non-hydrogen) atoms. The molecule has 2 amide bonds. The van der Waals surface area contributed by atoms with E-state index in [1.807, 2.05) is 6.79 Å². The van der Waals surface area contributed by atoms with E-state index in [2.05, 4.69) is 11.5 Å². The van der Waals surface area contributed by atoms with Crippen molar-refractivity contribution in [3.63, 3.8) is 0 Å². The molecule has 0 radical (unpaired) electrons. The zero-order valence-electron chi connectivity index (χ0n) is 5.33. The number of primary amides is 2. The Labute approximate surface area is 53.6 Å². The lowest BCUT2D eigenvalue weighted by Gasteiger charge is -1.62. The largest absolute Gasteiger partial charge is 0.397 e. The molecular formula is C4H12N2O3. The quantitative estimate of drug-likeness (QED) is 0.391. The predicted molar refractivity (Wildman–Crippen MR) is 33.7 cm³/mol. The van der Waals surface area contributed by atoms with Crippen LogP contribution in [0.3, 0.4) is 0 Å². The number of aliphatic hydroxyl groups is 1. The zero-order valence-corrected chi connectivity index (χ0v) is 5.33. The second-order valence-corrected chi connectivity index (χ2v) is 0.719. The number of carbonyl (C=O) groups is 2. The first kappa shape index (κ1) is 15.7. The summed E-state index contributed by atoms with van der Waals surface area (Å²) in [7, 11) is 0. The molecule has 0 aliphatic rings. The molecule has 0 atom stereocenters. The first-order chi connectivity index (χ1) is 4.15. The molecule has 5 heteroatoms. The minimum absolute atomic E-state index is 0.250. The number of urea groups is 1. The summed E-state index contributed by atoms with van der Waals surface area (Å²) in [6, 6.07) is -0.833. The van der Waals surface area contributed by atoms with Crippen molar-refractivity contribution in [2.24, 2.45) is 11.5 Å². The first-order valence-corrected chi connectivity index (χ1v) is 2.09. The number of hydrogen-bond acceptors (Lipinski definition) is 3. The Kier molecular flexibility index (Phi) is 49.7. The first-order valence-electron chi connectivity index (χ1n) is 2.09. The van der Waals surface area contributed by atoms with Crippen LogP contribution in [0.4, 0.5) is 4.79 Å². The van der Waals surface area contributed by atoms with E-state index < -0.39 is 6.03 Å². The molecule has 0 saturated carbocycles. The molecule has 0 bridgehead atoms. The van der Waals surface area contributed by atoms with Gasteiger partial charge in [0.05, 0.1) is 0 Å². The van der Waals surface area contributed by atoms with Gasteiger partial charge in [-0.1, -0.05) is 0 Å². The summed E-state index contributed by atoms with van der Waals surface area (Å²) in [4.78, 5) is 17.0. The van der Waals surface area contributed by atoms with E-state index in [1.54, 1.807) is 6.92 Å². The SMILES string of the molecule is C=O.CCO.NC(N)=O. The third kappa shape index (κ3) is 137. The monoisotopic (exact) mass is 136 g/mol. The van der Waals surface area contributed by atoms with Crippen molar-refractivity contribution in [1.82, 2.24) is 0 Å². The summed E-state index contributed by atoms with van der Waals surface area (Å²) in [5, 5.41) is 7.57. The average Bonchev–Trinajstić information content (AvgIpc) is 1.71. The summed E-state index contributed by atoms with van der Waals surface area (Å²) >= 11 is 0. The van der Waals surface area contributed by atoms with Crippen molar-refractivity contribution < 1.29 is 14.7 Å². The van der Waals surface area contributed by atoms with Gasteiger partial charge >= 0.3 is 6.03 Å². The molecule has 0 aromatic rings. The van der Waals surface area contributed by atoms with Gasteiger partial charge < -0.3 is 21.4 Å². The van der Waals surface area contributed by atoms with Crippen LogP contribution in [-0.2, 0) is 4.79 Å². The van der Waals surface area contributed by atoms with Crippen LogP contribution in [0.5, 0.6) is 0 Å². The second-order valence-electron chi connectivity index (χ2n) is 0.719. The summed E-state index contributed by atoms with van der Waals surface area (Å²) < 4.78 is 0. The Hall–Kier alpha value is -1.10. The minimum Gasteiger partial charge on any atom is -0.397 e. The fourth-order valence-electron chi connectivity index (χ4n) is 0. The molecule has 5 N–H and O–H groups in total. The van der Waals surface area contributed by atoms with Crippen molar-refractivity contribution in [1.29, 1.82) is 0 Å². The van der Waals surface area contributed by atoms with Crippen molar-refractivity contribution in [2.75, 3.05) is 6.61 Å². The molecular weight excluding hydrogens is 124 g/mol. The van der Waals surface area contributed by atoms with E-state index >= 15 is 0 Å². The Bertz CT molecular complexity index is 53.8. The molecule has 0 rings (SSSR count). The maximum atomic E-state index is 9.00. The van der Waals surface area contributed by atoms with Crippen molar-refractivity contribution >= 4 is 12.8 Å². The van der Waals surface area contributed by atoms with Gasteiger partial charge in [0.25, 0.3) is 0 Å². The summed E-state index contributed by atoms with van der Waals surface area (Å²) in [5.74, 6) is 0. The van der Waals surface area contributed by atoms with E-state index in [9.17, 15) is 0 Å². The van der Waals surface area contributed by atoms with Crippen LogP contribution in [0, 0.1) is 0 Å². The topological polar surface area (TPSA) is 106 Å². The molecule has 0 aliphatic carbocycles. The van der Waals surface area contributed by atoms with Crippen LogP contribution < -0.4 is 11.5 Å². The van der Waals surface area contributed by atoms with Gasteiger partial charge in [-0.25, -0.2) is 4.79 Å². The van der Waals surface area contributed by atoms with Gasteiger partial charge in [0, 0.05) is 6.61 Å². The third-order valence-corrected chi connectivity index (χ3v) is 0. The molecule has 0 unspecified atom stereocenters. The lowest BCUT2D eigenvalue weighted by atomic mass is 10.9. The molecule has 56 valence electrons. The Morgan fingerprint density at radius 2 is 1.56 bits per heavy atom. The Morgan fingerprint density at radius 3 is 1.56 bits per heavy atom. The number of amides is 2. The van der Waals surface area contributed by atoms with Gasteiger partial charge in [-0.15, -0.1) is 0 Å². The second kappa shape index (κ2) is 28.6. The highest BCUT2D eigenvalue weighted by Gasteiger charge is 1.60. The maximum Gasteiger partial charge on any atom is 0.309 e.